The molecule has 1 aromatic rings. The summed E-state index contributed by atoms with van der Waals surface area (Å²) in [6.45, 7) is 2.61. The maximum absolute atomic E-state index is 13.1. The number of methoxy groups -OCH3 is 1. The van der Waals surface area contributed by atoms with Gasteiger partial charge in [-0.1, -0.05) is 12.1 Å². The van der Waals surface area contributed by atoms with E-state index in [-0.39, 0.29) is 24.2 Å². The fraction of sp³-hybridized carbons (Fsp3) is 0.588. The largest absolute Gasteiger partial charge is 0.389 e. The molecule has 1 amide bonds. The van der Waals surface area contributed by atoms with Gasteiger partial charge in [0.1, 0.15) is 5.82 Å². The van der Waals surface area contributed by atoms with Crippen LogP contribution in [0.2, 0.25) is 0 Å². The second kappa shape index (κ2) is 8.96. The summed E-state index contributed by atoms with van der Waals surface area (Å²) in [4.78, 5) is 14.2. The second-order valence-corrected chi connectivity index (χ2v) is 6.06. The highest BCUT2D eigenvalue weighted by molar-refractivity contribution is 5.78. The number of hydrogen-bond donors (Lipinski definition) is 2. The normalized spacial score (nSPS) is 17.9. The minimum absolute atomic E-state index is 0.0755. The molecular weight excluding hydrogens is 299 g/mol. The van der Waals surface area contributed by atoms with Crippen LogP contribution >= 0.6 is 0 Å². The Kier molecular flexibility index (Phi) is 6.95. The van der Waals surface area contributed by atoms with Crippen LogP contribution in [-0.2, 0) is 16.0 Å². The van der Waals surface area contributed by atoms with E-state index < -0.39 is 6.10 Å². The third kappa shape index (κ3) is 6.25. The minimum Gasteiger partial charge on any atom is -0.389 e. The Bertz CT molecular complexity index is 504. The number of halogens is 1. The number of ether oxygens (including phenoxy) is 1. The van der Waals surface area contributed by atoms with Gasteiger partial charge in [0, 0.05) is 32.8 Å². The van der Waals surface area contributed by atoms with Crippen LogP contribution in [-0.4, -0.2) is 61.4 Å². The van der Waals surface area contributed by atoms with E-state index in [4.69, 9.17) is 4.74 Å². The average molecular weight is 324 g/mol. The van der Waals surface area contributed by atoms with Gasteiger partial charge < -0.3 is 20.1 Å². The first kappa shape index (κ1) is 17.8. The number of carbonyl (C=O) groups excluding carboxylic acids is 1. The number of nitrogens with one attached hydrogen (secondary N) is 1. The van der Waals surface area contributed by atoms with Crippen molar-refractivity contribution in [3.63, 3.8) is 0 Å². The Morgan fingerprint density at radius 3 is 2.87 bits per heavy atom. The summed E-state index contributed by atoms with van der Waals surface area (Å²) in [6.07, 6.45) is 1.44. The zero-order valence-corrected chi connectivity index (χ0v) is 13.5. The molecule has 0 bridgehead atoms. The number of carbonyl (C=O) groups is 1. The number of amides is 1. The molecule has 1 aliphatic rings. The maximum atomic E-state index is 13.1. The first-order valence-electron chi connectivity index (χ1n) is 8.00. The van der Waals surface area contributed by atoms with Crippen molar-refractivity contribution in [2.75, 3.05) is 33.4 Å². The van der Waals surface area contributed by atoms with Gasteiger partial charge in [0.05, 0.1) is 19.1 Å². The van der Waals surface area contributed by atoms with Crippen LogP contribution in [0, 0.1) is 5.82 Å². The molecule has 0 radical (unpaired) electrons. The van der Waals surface area contributed by atoms with Crippen molar-refractivity contribution in [3.8, 4) is 0 Å². The number of aliphatic hydroxyl groups is 1. The number of rotatable bonds is 7. The molecule has 1 saturated heterocycles. The van der Waals surface area contributed by atoms with Crippen molar-refractivity contribution in [3.05, 3.63) is 35.6 Å². The molecule has 1 heterocycles. The van der Waals surface area contributed by atoms with Crippen molar-refractivity contribution >= 4 is 5.91 Å². The molecule has 6 heteroatoms. The Balaban J connectivity index is 1.70. The fourth-order valence-corrected chi connectivity index (χ4v) is 2.91. The highest BCUT2D eigenvalue weighted by atomic mass is 19.1. The van der Waals surface area contributed by atoms with Crippen LogP contribution in [0.15, 0.2) is 24.3 Å². The Hall–Kier alpha value is -1.50. The van der Waals surface area contributed by atoms with Crippen LogP contribution in [0.1, 0.15) is 18.4 Å². The van der Waals surface area contributed by atoms with E-state index in [9.17, 15) is 14.3 Å². The van der Waals surface area contributed by atoms with Gasteiger partial charge in [0.15, 0.2) is 0 Å². The smallest absolute Gasteiger partial charge is 0.224 e. The Morgan fingerprint density at radius 1 is 1.48 bits per heavy atom. The van der Waals surface area contributed by atoms with Gasteiger partial charge in [-0.25, -0.2) is 4.39 Å². The molecule has 0 aromatic heterocycles. The first-order valence-corrected chi connectivity index (χ1v) is 8.00. The van der Waals surface area contributed by atoms with Gasteiger partial charge in [0.2, 0.25) is 5.91 Å². The van der Waals surface area contributed by atoms with E-state index in [2.05, 4.69) is 10.2 Å². The van der Waals surface area contributed by atoms with Gasteiger partial charge >= 0.3 is 0 Å². The summed E-state index contributed by atoms with van der Waals surface area (Å²) in [5.74, 6) is -0.397. The molecule has 0 saturated carbocycles. The molecule has 2 N–H and O–H groups in total. The third-order valence-electron chi connectivity index (χ3n) is 4.03. The number of aliphatic hydroxyl groups excluding tert-OH is 1. The van der Waals surface area contributed by atoms with Gasteiger partial charge in [-0.2, -0.15) is 0 Å². The average Bonchev–Trinajstić information content (AvgIpc) is 2.49. The fourth-order valence-electron chi connectivity index (χ4n) is 2.91. The highest BCUT2D eigenvalue weighted by Crippen LogP contribution is 2.11. The molecule has 2 rings (SSSR count). The van der Waals surface area contributed by atoms with E-state index in [1.807, 2.05) is 0 Å². The molecule has 1 atom stereocenters. The SMILES string of the molecule is COCC(O)CN1CCC(NC(=O)Cc2cccc(F)c2)CC1. The summed E-state index contributed by atoms with van der Waals surface area (Å²) < 4.78 is 18.0. The molecule has 0 aliphatic carbocycles. The molecule has 5 nitrogen and oxygen atoms in total. The van der Waals surface area contributed by atoms with E-state index in [0.29, 0.717) is 18.7 Å². The molecule has 0 spiro atoms. The van der Waals surface area contributed by atoms with Crippen molar-refractivity contribution < 1.29 is 19.0 Å². The molecule has 1 unspecified atom stereocenters. The second-order valence-electron chi connectivity index (χ2n) is 6.06. The predicted octanol–water partition coefficient (Wildman–Crippen LogP) is 0.956. The Labute approximate surface area is 136 Å². The van der Waals surface area contributed by atoms with Crippen molar-refractivity contribution in [2.45, 2.75) is 31.4 Å². The van der Waals surface area contributed by atoms with E-state index >= 15 is 0 Å². The predicted molar refractivity (Wildman–Crippen MR) is 85.6 cm³/mol. The standard InChI is InChI=1S/C17H25FN2O3/c1-23-12-16(21)11-20-7-5-15(6-8-20)19-17(22)10-13-3-2-4-14(18)9-13/h2-4,9,15-16,21H,5-8,10-12H2,1H3,(H,19,22). The number of hydrogen-bond acceptors (Lipinski definition) is 4. The number of likely N-dealkylation sites (tertiary alicyclic amines) is 1. The molecule has 128 valence electrons. The molecular formula is C17H25FN2O3. The van der Waals surface area contributed by atoms with Crippen molar-refractivity contribution in [1.29, 1.82) is 0 Å². The monoisotopic (exact) mass is 324 g/mol. The number of piperidine rings is 1. The highest BCUT2D eigenvalue weighted by Gasteiger charge is 2.22. The topological polar surface area (TPSA) is 61.8 Å². The quantitative estimate of drug-likeness (QED) is 0.784. The van der Waals surface area contributed by atoms with E-state index in [0.717, 1.165) is 25.9 Å². The number of β-amino-alcohol motifs (C(OH)–C–C–N with tert-alkyl or cyclic N) is 1. The number of benzene rings is 1. The summed E-state index contributed by atoms with van der Waals surface area (Å²) in [5.41, 5.74) is 0.683. The van der Waals surface area contributed by atoms with Crippen LogP contribution in [0.5, 0.6) is 0 Å². The third-order valence-corrected chi connectivity index (χ3v) is 4.03. The lowest BCUT2D eigenvalue weighted by Gasteiger charge is -2.33. The lowest BCUT2D eigenvalue weighted by molar-refractivity contribution is -0.121. The molecule has 1 aromatic carbocycles. The van der Waals surface area contributed by atoms with Crippen LogP contribution in [0.4, 0.5) is 4.39 Å². The zero-order valence-electron chi connectivity index (χ0n) is 13.5. The van der Waals surface area contributed by atoms with Crippen LogP contribution in [0.25, 0.3) is 0 Å². The van der Waals surface area contributed by atoms with Gasteiger partial charge in [0.25, 0.3) is 0 Å². The summed E-state index contributed by atoms with van der Waals surface area (Å²) in [5, 5.41) is 12.7. The summed E-state index contributed by atoms with van der Waals surface area (Å²) in [6, 6.07) is 6.27. The van der Waals surface area contributed by atoms with Gasteiger partial charge in [-0.3, -0.25) is 4.79 Å². The van der Waals surface area contributed by atoms with Crippen LogP contribution < -0.4 is 5.32 Å². The Morgan fingerprint density at radius 2 is 2.22 bits per heavy atom. The molecule has 1 fully saturated rings. The lowest BCUT2D eigenvalue weighted by atomic mass is 10.0. The molecule has 23 heavy (non-hydrogen) atoms. The number of nitrogens with zero attached hydrogens (tertiary/aromatic N) is 1. The minimum atomic E-state index is -0.473. The van der Waals surface area contributed by atoms with E-state index in [1.165, 1.54) is 12.1 Å². The summed E-state index contributed by atoms with van der Waals surface area (Å²) in [7, 11) is 1.57. The van der Waals surface area contributed by atoms with Gasteiger partial charge in [-0.15, -0.1) is 0 Å². The van der Waals surface area contributed by atoms with Crippen LogP contribution in [0.3, 0.4) is 0 Å². The molecule has 1 aliphatic heterocycles. The summed E-state index contributed by atoms with van der Waals surface area (Å²) >= 11 is 0. The van der Waals surface area contributed by atoms with Crippen molar-refractivity contribution in [1.82, 2.24) is 10.2 Å². The van der Waals surface area contributed by atoms with Crippen molar-refractivity contribution in [2.24, 2.45) is 0 Å². The van der Waals surface area contributed by atoms with Gasteiger partial charge in [-0.05, 0) is 30.5 Å². The maximum Gasteiger partial charge on any atom is 0.224 e. The van der Waals surface area contributed by atoms with E-state index in [1.54, 1.807) is 19.2 Å². The zero-order chi connectivity index (χ0) is 16.7. The lowest BCUT2D eigenvalue weighted by Crippen LogP contribution is -2.47. The first-order chi connectivity index (χ1) is 11.1.